The highest BCUT2D eigenvalue weighted by atomic mass is 32.2. The van der Waals surface area contributed by atoms with Crippen LogP contribution >= 0.6 is 0 Å². The average Bonchev–Trinajstić information content (AvgIpc) is 2.27. The van der Waals surface area contributed by atoms with Gasteiger partial charge in [0.15, 0.2) is 4.90 Å². The lowest BCUT2D eigenvalue weighted by atomic mass is 10.2. The number of benzene rings is 1. The molecule has 0 amide bonds. The Kier molecular flexibility index (Phi) is 4.22. The molecule has 0 aliphatic rings. The Hall–Kier alpha value is -2.00. The minimum atomic E-state index is -4.23. The van der Waals surface area contributed by atoms with E-state index in [1.807, 2.05) is 0 Å². The fourth-order valence-electron chi connectivity index (χ4n) is 1.55. The second-order valence-corrected chi connectivity index (χ2v) is 5.82. The zero-order valence-electron chi connectivity index (χ0n) is 10.2. The number of carboxylic acid groups (broad SMARTS) is 1. The molecular formula is C10H12N2O6S. The van der Waals surface area contributed by atoms with E-state index in [9.17, 15) is 23.3 Å². The summed E-state index contributed by atoms with van der Waals surface area (Å²) in [6, 6.07) is 3.84. The van der Waals surface area contributed by atoms with E-state index >= 15 is 0 Å². The van der Waals surface area contributed by atoms with Gasteiger partial charge in [-0.1, -0.05) is 12.1 Å². The van der Waals surface area contributed by atoms with Crippen molar-refractivity contribution in [1.29, 1.82) is 0 Å². The van der Waals surface area contributed by atoms with Gasteiger partial charge in [-0.3, -0.25) is 14.9 Å². The van der Waals surface area contributed by atoms with E-state index in [2.05, 4.69) is 0 Å². The zero-order valence-corrected chi connectivity index (χ0v) is 11.0. The van der Waals surface area contributed by atoms with Crippen molar-refractivity contribution >= 4 is 21.7 Å². The van der Waals surface area contributed by atoms with E-state index in [-0.39, 0.29) is 5.56 Å². The monoisotopic (exact) mass is 288 g/mol. The number of nitro groups is 1. The van der Waals surface area contributed by atoms with Crippen molar-refractivity contribution < 1.29 is 23.2 Å². The van der Waals surface area contributed by atoms with E-state index in [1.54, 1.807) is 0 Å². The molecule has 0 fully saturated rings. The molecule has 0 saturated heterocycles. The summed E-state index contributed by atoms with van der Waals surface area (Å²) < 4.78 is 24.9. The summed E-state index contributed by atoms with van der Waals surface area (Å²) in [4.78, 5) is 20.1. The number of carboxylic acids is 1. The van der Waals surface area contributed by atoms with Crippen LogP contribution in [-0.2, 0) is 14.8 Å². The van der Waals surface area contributed by atoms with Crippen LogP contribution in [0.25, 0.3) is 0 Å². The first kappa shape index (κ1) is 15.1. The van der Waals surface area contributed by atoms with E-state index < -0.39 is 38.0 Å². The van der Waals surface area contributed by atoms with Crippen molar-refractivity contribution in [2.75, 3.05) is 13.6 Å². The number of hydrogen-bond donors (Lipinski definition) is 1. The van der Waals surface area contributed by atoms with Crippen LogP contribution in [0.4, 0.5) is 5.69 Å². The Labute approximate surface area is 109 Å². The first-order valence-electron chi connectivity index (χ1n) is 5.10. The molecule has 0 aliphatic carbocycles. The minimum absolute atomic E-state index is 0.187. The van der Waals surface area contributed by atoms with Gasteiger partial charge in [0.25, 0.3) is 5.69 Å². The molecule has 9 heteroatoms. The molecule has 104 valence electrons. The number of sulfonamides is 1. The Morgan fingerprint density at radius 2 is 2.05 bits per heavy atom. The van der Waals surface area contributed by atoms with Gasteiger partial charge in [0, 0.05) is 13.1 Å². The molecule has 1 aromatic rings. The second-order valence-electron chi connectivity index (χ2n) is 3.84. The van der Waals surface area contributed by atoms with E-state index in [0.29, 0.717) is 4.31 Å². The first-order valence-corrected chi connectivity index (χ1v) is 6.54. The topological polar surface area (TPSA) is 118 Å². The summed E-state index contributed by atoms with van der Waals surface area (Å²) in [7, 11) is -3.17. The standard InChI is InChI=1S/C10H12N2O6S/c1-7-4-3-5-8(12(15)16)10(7)19(17,18)11(2)6-9(13)14/h3-5H,6H2,1-2H3,(H,13,14). The van der Waals surface area contributed by atoms with Gasteiger partial charge in [-0.05, 0) is 12.5 Å². The van der Waals surface area contributed by atoms with Crippen LogP contribution < -0.4 is 0 Å². The Morgan fingerprint density at radius 1 is 1.47 bits per heavy atom. The molecule has 0 saturated carbocycles. The smallest absolute Gasteiger partial charge is 0.318 e. The predicted molar refractivity (Wildman–Crippen MR) is 65.3 cm³/mol. The van der Waals surface area contributed by atoms with E-state index in [4.69, 9.17) is 5.11 Å². The number of aryl methyl sites for hydroxylation is 1. The van der Waals surface area contributed by atoms with Gasteiger partial charge in [-0.25, -0.2) is 8.42 Å². The fraction of sp³-hybridized carbons (Fsp3) is 0.300. The normalized spacial score (nSPS) is 11.5. The van der Waals surface area contributed by atoms with Gasteiger partial charge in [0.05, 0.1) is 4.92 Å². The lowest BCUT2D eigenvalue weighted by Crippen LogP contribution is -2.32. The molecule has 8 nitrogen and oxygen atoms in total. The zero-order chi connectivity index (χ0) is 14.8. The van der Waals surface area contributed by atoms with Crippen LogP contribution in [0.2, 0.25) is 0 Å². The van der Waals surface area contributed by atoms with Crippen molar-refractivity contribution in [3.8, 4) is 0 Å². The largest absolute Gasteiger partial charge is 0.480 e. The third kappa shape index (κ3) is 3.06. The number of rotatable bonds is 5. The number of carbonyl (C=O) groups is 1. The van der Waals surface area contributed by atoms with Crippen molar-refractivity contribution in [1.82, 2.24) is 4.31 Å². The first-order chi connectivity index (χ1) is 8.67. The Morgan fingerprint density at radius 3 is 2.53 bits per heavy atom. The molecule has 0 atom stereocenters. The van der Waals surface area contributed by atoms with Crippen LogP contribution in [0.15, 0.2) is 23.1 Å². The van der Waals surface area contributed by atoms with Crippen molar-refractivity contribution in [3.63, 3.8) is 0 Å². The molecule has 0 aliphatic heterocycles. The summed E-state index contributed by atoms with van der Waals surface area (Å²) >= 11 is 0. The van der Waals surface area contributed by atoms with Gasteiger partial charge in [-0.2, -0.15) is 4.31 Å². The highest BCUT2D eigenvalue weighted by Gasteiger charge is 2.32. The quantitative estimate of drug-likeness (QED) is 0.626. The van der Waals surface area contributed by atoms with Gasteiger partial charge in [-0.15, -0.1) is 0 Å². The molecular weight excluding hydrogens is 276 g/mol. The molecule has 0 spiro atoms. The highest BCUT2D eigenvalue weighted by molar-refractivity contribution is 7.89. The van der Waals surface area contributed by atoms with Crippen LogP contribution in [0.1, 0.15) is 5.56 Å². The van der Waals surface area contributed by atoms with Gasteiger partial charge in [0.2, 0.25) is 10.0 Å². The lowest BCUT2D eigenvalue weighted by Gasteiger charge is -2.16. The maximum absolute atomic E-state index is 12.2. The van der Waals surface area contributed by atoms with Crippen LogP contribution in [0.3, 0.4) is 0 Å². The van der Waals surface area contributed by atoms with Gasteiger partial charge >= 0.3 is 5.97 Å². The summed E-state index contributed by atoms with van der Waals surface area (Å²) in [5.41, 5.74) is -0.385. The maximum Gasteiger partial charge on any atom is 0.318 e. The SMILES string of the molecule is Cc1cccc([N+](=O)[O-])c1S(=O)(=O)N(C)CC(=O)O. The van der Waals surface area contributed by atoms with Gasteiger partial charge in [0.1, 0.15) is 6.54 Å². The third-order valence-corrected chi connectivity index (χ3v) is 4.41. The summed E-state index contributed by atoms with van der Waals surface area (Å²) in [6.45, 7) is 0.641. The summed E-state index contributed by atoms with van der Waals surface area (Å²) in [5, 5.41) is 19.5. The number of nitro benzene ring substituents is 1. The molecule has 1 N–H and O–H groups in total. The molecule has 0 aromatic heterocycles. The second kappa shape index (κ2) is 5.33. The highest BCUT2D eigenvalue weighted by Crippen LogP contribution is 2.28. The summed E-state index contributed by atoms with van der Waals surface area (Å²) in [6.07, 6.45) is 0. The number of nitrogens with zero attached hydrogens (tertiary/aromatic N) is 2. The number of likely N-dealkylation sites (N-methyl/N-ethyl adjacent to an activating group) is 1. The number of hydrogen-bond acceptors (Lipinski definition) is 5. The fourth-order valence-corrected chi connectivity index (χ4v) is 3.02. The van der Waals surface area contributed by atoms with E-state index in [1.165, 1.54) is 19.1 Å². The average molecular weight is 288 g/mol. The lowest BCUT2D eigenvalue weighted by molar-refractivity contribution is -0.387. The summed E-state index contributed by atoms with van der Waals surface area (Å²) in [5.74, 6) is -1.35. The van der Waals surface area contributed by atoms with Crippen molar-refractivity contribution in [2.24, 2.45) is 0 Å². The molecule has 0 bridgehead atoms. The predicted octanol–water partition coefficient (Wildman–Crippen LogP) is 0.608. The molecule has 0 unspecified atom stereocenters. The Balaban J connectivity index is 3.44. The molecule has 1 rings (SSSR count). The molecule has 19 heavy (non-hydrogen) atoms. The third-order valence-electron chi connectivity index (χ3n) is 2.41. The van der Waals surface area contributed by atoms with Crippen LogP contribution in [-0.4, -0.2) is 42.3 Å². The molecule has 0 radical (unpaired) electrons. The van der Waals surface area contributed by atoms with Crippen LogP contribution in [0, 0.1) is 17.0 Å². The van der Waals surface area contributed by atoms with E-state index in [0.717, 1.165) is 13.1 Å². The van der Waals surface area contributed by atoms with Crippen molar-refractivity contribution in [2.45, 2.75) is 11.8 Å². The maximum atomic E-state index is 12.2. The van der Waals surface area contributed by atoms with Crippen LogP contribution in [0.5, 0.6) is 0 Å². The molecule has 0 heterocycles. The Bertz CT molecular complexity index is 625. The number of aliphatic carboxylic acids is 1. The minimum Gasteiger partial charge on any atom is -0.480 e. The van der Waals surface area contributed by atoms with Crippen molar-refractivity contribution in [3.05, 3.63) is 33.9 Å². The van der Waals surface area contributed by atoms with Gasteiger partial charge < -0.3 is 5.11 Å². The molecule has 1 aromatic carbocycles.